The molecule has 0 aliphatic heterocycles. The van der Waals surface area contributed by atoms with Crippen molar-refractivity contribution >= 4 is 27.5 Å². The Morgan fingerprint density at radius 1 is 1.14 bits per heavy atom. The zero-order chi connectivity index (χ0) is 21.6. The third-order valence-electron chi connectivity index (χ3n) is 4.12. The molecule has 2 aromatic carbocycles. The van der Waals surface area contributed by atoms with Gasteiger partial charge >= 0.3 is 0 Å². The van der Waals surface area contributed by atoms with Crippen molar-refractivity contribution < 1.29 is 22.4 Å². The lowest BCUT2D eigenvalue weighted by molar-refractivity contribution is -0.122. The molecule has 2 aromatic rings. The lowest BCUT2D eigenvalue weighted by Gasteiger charge is -2.14. The van der Waals surface area contributed by atoms with Gasteiger partial charge in [-0.05, 0) is 56.2 Å². The number of amides is 2. The standard InChI is InChI=1S/C20H24FN3O4S/c1-4-10-22-19(25)14(3)23-20(26)15-6-5-7-16(11-15)24-29(27,28)17-9-8-13(2)18(21)12-17/h5-9,11-12,14,24H,4,10H2,1-3H3,(H,22,25)(H,23,26)/t14-/m0/s1. The lowest BCUT2D eigenvalue weighted by Crippen LogP contribution is -2.45. The van der Waals surface area contributed by atoms with Crippen molar-refractivity contribution in [2.24, 2.45) is 0 Å². The van der Waals surface area contributed by atoms with E-state index in [1.807, 2.05) is 6.92 Å². The molecule has 0 spiro atoms. The van der Waals surface area contributed by atoms with Gasteiger partial charge in [0.25, 0.3) is 15.9 Å². The number of hydrogen-bond acceptors (Lipinski definition) is 4. The number of nitrogens with one attached hydrogen (secondary N) is 3. The number of halogens is 1. The number of hydrogen-bond donors (Lipinski definition) is 3. The van der Waals surface area contributed by atoms with Crippen molar-refractivity contribution in [1.82, 2.24) is 10.6 Å². The van der Waals surface area contributed by atoms with Crippen LogP contribution >= 0.6 is 0 Å². The molecule has 0 unspecified atom stereocenters. The van der Waals surface area contributed by atoms with Crippen LogP contribution in [0.1, 0.15) is 36.2 Å². The Morgan fingerprint density at radius 3 is 2.52 bits per heavy atom. The van der Waals surface area contributed by atoms with Crippen molar-refractivity contribution in [3.8, 4) is 0 Å². The molecular formula is C20H24FN3O4S. The van der Waals surface area contributed by atoms with Gasteiger partial charge < -0.3 is 10.6 Å². The van der Waals surface area contributed by atoms with Gasteiger partial charge in [-0.3, -0.25) is 14.3 Å². The highest BCUT2D eigenvalue weighted by atomic mass is 32.2. The van der Waals surface area contributed by atoms with E-state index in [2.05, 4.69) is 15.4 Å². The Kier molecular flexibility index (Phi) is 7.33. The molecule has 0 radical (unpaired) electrons. The molecule has 0 aliphatic carbocycles. The second-order valence-electron chi connectivity index (χ2n) is 6.58. The third kappa shape index (κ3) is 6.02. The summed E-state index contributed by atoms with van der Waals surface area (Å²) in [5.74, 6) is -1.46. The number of sulfonamides is 1. The average molecular weight is 421 g/mol. The predicted molar refractivity (Wildman–Crippen MR) is 109 cm³/mol. The van der Waals surface area contributed by atoms with Crippen molar-refractivity contribution in [3.05, 3.63) is 59.4 Å². The lowest BCUT2D eigenvalue weighted by atomic mass is 10.2. The van der Waals surface area contributed by atoms with Gasteiger partial charge in [-0.15, -0.1) is 0 Å². The maximum atomic E-state index is 13.7. The van der Waals surface area contributed by atoms with E-state index < -0.39 is 27.8 Å². The Morgan fingerprint density at radius 2 is 1.86 bits per heavy atom. The molecule has 0 aromatic heterocycles. The smallest absolute Gasteiger partial charge is 0.261 e. The molecule has 7 nitrogen and oxygen atoms in total. The van der Waals surface area contributed by atoms with E-state index in [1.165, 1.54) is 43.3 Å². The fraction of sp³-hybridized carbons (Fsp3) is 0.300. The second kappa shape index (κ2) is 9.51. The van der Waals surface area contributed by atoms with Crippen molar-refractivity contribution in [3.63, 3.8) is 0 Å². The number of anilines is 1. The van der Waals surface area contributed by atoms with Crippen LogP contribution in [0.15, 0.2) is 47.4 Å². The summed E-state index contributed by atoms with van der Waals surface area (Å²) in [6.45, 7) is 5.52. The zero-order valence-electron chi connectivity index (χ0n) is 16.5. The Balaban J connectivity index is 2.13. The molecule has 3 N–H and O–H groups in total. The first-order chi connectivity index (χ1) is 13.6. The molecule has 29 heavy (non-hydrogen) atoms. The molecule has 9 heteroatoms. The number of carbonyl (C=O) groups excluding carboxylic acids is 2. The van der Waals surface area contributed by atoms with Crippen LogP contribution in [0.5, 0.6) is 0 Å². The van der Waals surface area contributed by atoms with Gasteiger partial charge in [0.15, 0.2) is 0 Å². The van der Waals surface area contributed by atoms with Gasteiger partial charge in [-0.1, -0.05) is 19.1 Å². The van der Waals surface area contributed by atoms with Crippen LogP contribution in [-0.2, 0) is 14.8 Å². The summed E-state index contributed by atoms with van der Waals surface area (Å²) in [5, 5.41) is 5.24. The van der Waals surface area contributed by atoms with Crippen LogP contribution in [0, 0.1) is 12.7 Å². The number of carbonyl (C=O) groups is 2. The molecule has 0 aliphatic rings. The minimum absolute atomic E-state index is 0.140. The van der Waals surface area contributed by atoms with E-state index in [1.54, 1.807) is 6.92 Å². The normalized spacial score (nSPS) is 12.1. The third-order valence-corrected chi connectivity index (χ3v) is 5.50. The fourth-order valence-corrected chi connectivity index (χ4v) is 3.49. The molecule has 0 fully saturated rings. The first kappa shape index (κ1) is 22.4. The quantitative estimate of drug-likeness (QED) is 0.609. The number of rotatable bonds is 8. The number of benzene rings is 2. The highest BCUT2D eigenvalue weighted by Gasteiger charge is 2.18. The average Bonchev–Trinajstić information content (AvgIpc) is 2.67. The van der Waals surface area contributed by atoms with Gasteiger partial charge in [0.2, 0.25) is 5.91 Å². The van der Waals surface area contributed by atoms with E-state index in [0.717, 1.165) is 12.5 Å². The molecule has 0 saturated heterocycles. The summed E-state index contributed by atoms with van der Waals surface area (Å²) in [5.41, 5.74) is 0.650. The van der Waals surface area contributed by atoms with E-state index in [9.17, 15) is 22.4 Å². The van der Waals surface area contributed by atoms with Gasteiger partial charge in [0.05, 0.1) is 4.90 Å². The zero-order valence-corrected chi connectivity index (χ0v) is 17.3. The molecule has 2 amide bonds. The first-order valence-corrected chi connectivity index (χ1v) is 10.6. The predicted octanol–water partition coefficient (Wildman–Crippen LogP) is 2.58. The van der Waals surface area contributed by atoms with Crippen molar-refractivity contribution in [2.45, 2.75) is 38.1 Å². The monoisotopic (exact) mass is 421 g/mol. The fourth-order valence-electron chi connectivity index (χ4n) is 2.43. The van der Waals surface area contributed by atoms with Crippen LogP contribution < -0.4 is 15.4 Å². The minimum atomic E-state index is -4.03. The first-order valence-electron chi connectivity index (χ1n) is 9.11. The maximum Gasteiger partial charge on any atom is 0.261 e. The molecule has 1 atom stereocenters. The van der Waals surface area contributed by atoms with E-state index in [4.69, 9.17) is 0 Å². The summed E-state index contributed by atoms with van der Waals surface area (Å²) in [7, 11) is -4.03. The Bertz CT molecular complexity index is 1010. The van der Waals surface area contributed by atoms with Crippen LogP contribution in [0.25, 0.3) is 0 Å². The molecule has 0 bridgehead atoms. The second-order valence-corrected chi connectivity index (χ2v) is 8.27. The van der Waals surface area contributed by atoms with Crippen LogP contribution in [0.4, 0.5) is 10.1 Å². The van der Waals surface area contributed by atoms with E-state index >= 15 is 0 Å². The number of aryl methyl sites for hydroxylation is 1. The van der Waals surface area contributed by atoms with Crippen molar-refractivity contribution in [1.29, 1.82) is 0 Å². The molecule has 0 saturated carbocycles. The molecular weight excluding hydrogens is 397 g/mol. The van der Waals surface area contributed by atoms with E-state index in [-0.39, 0.29) is 22.1 Å². The summed E-state index contributed by atoms with van der Waals surface area (Å²) in [6.07, 6.45) is 0.777. The largest absolute Gasteiger partial charge is 0.354 e. The molecule has 2 rings (SSSR count). The summed E-state index contributed by atoms with van der Waals surface area (Å²) >= 11 is 0. The van der Waals surface area contributed by atoms with E-state index in [0.29, 0.717) is 12.1 Å². The van der Waals surface area contributed by atoms with Crippen molar-refractivity contribution in [2.75, 3.05) is 11.3 Å². The topological polar surface area (TPSA) is 104 Å². The summed E-state index contributed by atoms with van der Waals surface area (Å²) < 4.78 is 41.0. The SMILES string of the molecule is CCCNC(=O)[C@H](C)NC(=O)c1cccc(NS(=O)(=O)c2ccc(C)c(F)c2)c1. The summed E-state index contributed by atoms with van der Waals surface area (Å²) in [4.78, 5) is 24.0. The van der Waals surface area contributed by atoms with Gasteiger partial charge in [0, 0.05) is 17.8 Å². The minimum Gasteiger partial charge on any atom is -0.354 e. The highest BCUT2D eigenvalue weighted by molar-refractivity contribution is 7.92. The van der Waals surface area contributed by atoms with Crippen LogP contribution in [0.2, 0.25) is 0 Å². The van der Waals surface area contributed by atoms with Gasteiger partial charge in [-0.2, -0.15) is 0 Å². The Labute approximate surface area is 169 Å². The maximum absolute atomic E-state index is 13.7. The molecule has 0 heterocycles. The Hall–Kier alpha value is -2.94. The van der Waals surface area contributed by atoms with Gasteiger partial charge in [0.1, 0.15) is 11.9 Å². The summed E-state index contributed by atoms with van der Waals surface area (Å²) in [6, 6.07) is 8.67. The van der Waals surface area contributed by atoms with Crippen LogP contribution in [0.3, 0.4) is 0 Å². The van der Waals surface area contributed by atoms with Gasteiger partial charge in [-0.25, -0.2) is 12.8 Å². The molecule has 156 valence electrons. The van der Waals surface area contributed by atoms with Crippen LogP contribution in [-0.4, -0.2) is 32.8 Å². The highest BCUT2D eigenvalue weighted by Crippen LogP contribution is 2.19.